The maximum absolute atomic E-state index is 12.3. The molecule has 0 spiro atoms. The SMILES string of the molecule is COC(=O)COCCCCN1C(=O)CC[C@@H]1C(O[Si](C)C)C(C)(C)C. The van der Waals surface area contributed by atoms with Gasteiger partial charge in [0.05, 0.1) is 19.3 Å². The van der Waals surface area contributed by atoms with Gasteiger partial charge in [-0.25, -0.2) is 4.79 Å². The number of rotatable bonds is 10. The maximum Gasteiger partial charge on any atom is 0.331 e. The Kier molecular flexibility index (Phi) is 9.10. The second-order valence-corrected chi connectivity index (χ2v) is 9.89. The topological polar surface area (TPSA) is 65.1 Å². The predicted molar refractivity (Wildman–Crippen MR) is 98.6 cm³/mol. The Morgan fingerprint density at radius 2 is 2.00 bits per heavy atom. The molecule has 1 aliphatic heterocycles. The monoisotopic (exact) mass is 372 g/mol. The van der Waals surface area contributed by atoms with Gasteiger partial charge >= 0.3 is 5.97 Å². The number of ether oxygens (including phenoxy) is 2. The van der Waals surface area contributed by atoms with Crippen molar-refractivity contribution in [3.05, 3.63) is 0 Å². The Bertz CT molecular complexity index is 436. The molecule has 1 unspecified atom stereocenters. The van der Waals surface area contributed by atoms with Crippen molar-refractivity contribution in [2.75, 3.05) is 26.9 Å². The van der Waals surface area contributed by atoms with E-state index >= 15 is 0 Å². The molecule has 0 saturated carbocycles. The molecule has 6 nitrogen and oxygen atoms in total. The zero-order valence-corrected chi connectivity index (χ0v) is 17.6. The van der Waals surface area contributed by atoms with Crippen molar-refractivity contribution >= 4 is 20.9 Å². The average Bonchev–Trinajstić information content (AvgIpc) is 2.87. The van der Waals surface area contributed by atoms with Gasteiger partial charge in [0.15, 0.2) is 0 Å². The molecule has 1 aliphatic rings. The van der Waals surface area contributed by atoms with Crippen LogP contribution in [0.1, 0.15) is 46.5 Å². The van der Waals surface area contributed by atoms with Gasteiger partial charge in [-0.1, -0.05) is 20.8 Å². The van der Waals surface area contributed by atoms with Gasteiger partial charge in [0, 0.05) is 19.6 Å². The third-order valence-corrected chi connectivity index (χ3v) is 5.05. The number of hydrogen-bond donors (Lipinski definition) is 0. The molecule has 1 fully saturated rings. The first-order chi connectivity index (χ1) is 11.7. The van der Waals surface area contributed by atoms with Gasteiger partial charge in [-0.2, -0.15) is 0 Å². The van der Waals surface area contributed by atoms with Crippen molar-refractivity contribution in [3.63, 3.8) is 0 Å². The summed E-state index contributed by atoms with van der Waals surface area (Å²) >= 11 is 0. The number of carbonyl (C=O) groups excluding carboxylic acids is 2. The number of carbonyl (C=O) groups is 2. The molecule has 7 heteroatoms. The number of likely N-dealkylation sites (tertiary alicyclic amines) is 1. The molecule has 0 aromatic rings. The fourth-order valence-corrected chi connectivity index (χ4v) is 4.17. The number of unbranched alkanes of at least 4 members (excludes halogenated alkanes) is 1. The molecule has 2 atom stereocenters. The van der Waals surface area contributed by atoms with Crippen molar-refractivity contribution in [2.24, 2.45) is 5.41 Å². The van der Waals surface area contributed by atoms with Gasteiger partial charge in [-0.3, -0.25) is 4.79 Å². The van der Waals surface area contributed by atoms with E-state index in [1.807, 2.05) is 4.90 Å². The highest BCUT2D eigenvalue weighted by Gasteiger charge is 2.42. The summed E-state index contributed by atoms with van der Waals surface area (Å²) in [6.45, 7) is 12.0. The lowest BCUT2D eigenvalue weighted by molar-refractivity contribution is -0.145. The van der Waals surface area contributed by atoms with E-state index in [1.54, 1.807) is 0 Å². The highest BCUT2D eigenvalue weighted by atomic mass is 28.3. The van der Waals surface area contributed by atoms with Crippen molar-refractivity contribution < 1.29 is 23.5 Å². The summed E-state index contributed by atoms with van der Waals surface area (Å²) in [6, 6.07) is 0.156. The van der Waals surface area contributed by atoms with Crippen LogP contribution in [-0.4, -0.2) is 64.8 Å². The average molecular weight is 373 g/mol. The molecule has 1 saturated heterocycles. The lowest BCUT2D eigenvalue weighted by atomic mass is 9.84. The molecule has 1 amide bonds. The molecule has 0 aromatic carbocycles. The second-order valence-electron chi connectivity index (χ2n) is 7.84. The first kappa shape index (κ1) is 22.1. The summed E-state index contributed by atoms with van der Waals surface area (Å²) in [4.78, 5) is 25.3. The van der Waals surface area contributed by atoms with Gasteiger partial charge in [0.25, 0.3) is 0 Å². The smallest absolute Gasteiger partial charge is 0.331 e. The highest BCUT2D eigenvalue weighted by molar-refractivity contribution is 6.48. The molecule has 1 rings (SSSR count). The number of amides is 1. The highest BCUT2D eigenvalue weighted by Crippen LogP contribution is 2.34. The number of methoxy groups -OCH3 is 1. The summed E-state index contributed by atoms with van der Waals surface area (Å²) < 4.78 is 16.1. The van der Waals surface area contributed by atoms with Crippen molar-refractivity contribution in [1.82, 2.24) is 4.90 Å². The van der Waals surface area contributed by atoms with Crippen molar-refractivity contribution in [1.29, 1.82) is 0 Å². The normalized spacial score (nSPS) is 19.6. The third-order valence-electron chi connectivity index (χ3n) is 4.33. The van der Waals surface area contributed by atoms with Crippen LogP contribution in [-0.2, 0) is 23.5 Å². The van der Waals surface area contributed by atoms with Gasteiger partial charge < -0.3 is 18.8 Å². The Hall–Kier alpha value is -0.923. The molecule has 1 radical (unpaired) electrons. The van der Waals surface area contributed by atoms with Crippen LogP contribution in [0.5, 0.6) is 0 Å². The Morgan fingerprint density at radius 3 is 2.56 bits per heavy atom. The van der Waals surface area contributed by atoms with Gasteiger partial charge in [0.2, 0.25) is 14.9 Å². The minimum Gasteiger partial charge on any atom is -0.467 e. The van der Waals surface area contributed by atoms with Crippen LogP contribution in [0.3, 0.4) is 0 Å². The molecule has 0 N–H and O–H groups in total. The van der Waals surface area contributed by atoms with Crippen LogP contribution in [0.25, 0.3) is 0 Å². The fourth-order valence-electron chi connectivity index (χ4n) is 3.15. The van der Waals surface area contributed by atoms with E-state index in [4.69, 9.17) is 9.16 Å². The van der Waals surface area contributed by atoms with Gasteiger partial charge in [-0.15, -0.1) is 0 Å². The number of hydrogen-bond acceptors (Lipinski definition) is 5. The van der Waals surface area contributed by atoms with E-state index in [2.05, 4.69) is 38.6 Å². The maximum atomic E-state index is 12.3. The first-order valence-electron chi connectivity index (χ1n) is 9.07. The van der Waals surface area contributed by atoms with E-state index in [9.17, 15) is 9.59 Å². The summed E-state index contributed by atoms with van der Waals surface area (Å²) in [6.07, 6.45) is 3.21. The van der Waals surface area contributed by atoms with Crippen molar-refractivity contribution in [3.8, 4) is 0 Å². The van der Waals surface area contributed by atoms with E-state index in [-0.39, 0.29) is 36.0 Å². The zero-order valence-electron chi connectivity index (χ0n) is 16.6. The lowest BCUT2D eigenvalue weighted by Crippen LogP contribution is -2.50. The first-order valence-corrected chi connectivity index (χ1v) is 11.5. The summed E-state index contributed by atoms with van der Waals surface area (Å²) in [5, 5.41) is 0. The molecule has 0 aromatic heterocycles. The standard InChI is InChI=1S/C18H34NO5Si/c1-18(2,3)17(24-25(5)6)14-9-10-15(20)19(14)11-7-8-12-23-13-16(21)22-4/h14,17H,7-13H2,1-6H3/t14-,17?/m1/s1. The van der Waals surface area contributed by atoms with Crippen LogP contribution in [0.2, 0.25) is 13.1 Å². The molecule has 25 heavy (non-hydrogen) atoms. The molecular weight excluding hydrogens is 338 g/mol. The summed E-state index contributed by atoms with van der Waals surface area (Å²) in [5.74, 6) is -0.143. The predicted octanol–water partition coefficient (Wildman–Crippen LogP) is 2.63. The quantitative estimate of drug-likeness (QED) is 0.335. The van der Waals surface area contributed by atoms with Crippen LogP contribution in [0, 0.1) is 5.41 Å². The minimum absolute atomic E-state index is 0.000894. The van der Waals surface area contributed by atoms with Crippen LogP contribution >= 0.6 is 0 Å². The summed E-state index contributed by atoms with van der Waals surface area (Å²) in [5.41, 5.74) is -0.000894. The number of nitrogens with zero attached hydrogens (tertiary/aromatic N) is 1. The van der Waals surface area contributed by atoms with E-state index in [0.717, 1.165) is 25.8 Å². The molecule has 0 bridgehead atoms. The van der Waals surface area contributed by atoms with Gasteiger partial charge in [-0.05, 0) is 37.8 Å². The van der Waals surface area contributed by atoms with Gasteiger partial charge in [0.1, 0.15) is 6.61 Å². The third kappa shape index (κ3) is 7.46. The molecule has 145 valence electrons. The van der Waals surface area contributed by atoms with E-state index in [1.165, 1.54) is 7.11 Å². The Balaban J connectivity index is 2.52. The van der Waals surface area contributed by atoms with E-state index in [0.29, 0.717) is 13.0 Å². The largest absolute Gasteiger partial charge is 0.467 e. The Labute approximate surface area is 153 Å². The van der Waals surface area contributed by atoms with E-state index < -0.39 is 9.04 Å². The second kappa shape index (κ2) is 10.3. The molecular formula is C18H34NO5Si. The summed E-state index contributed by atoms with van der Waals surface area (Å²) in [7, 11) is 0.508. The van der Waals surface area contributed by atoms with Crippen molar-refractivity contribution in [2.45, 2.75) is 71.7 Å². The molecule has 0 aliphatic carbocycles. The minimum atomic E-state index is -0.837. The fraction of sp³-hybridized carbons (Fsp3) is 0.889. The van der Waals surface area contributed by atoms with Crippen LogP contribution in [0.4, 0.5) is 0 Å². The Morgan fingerprint density at radius 1 is 1.32 bits per heavy atom. The van der Waals surface area contributed by atoms with Crippen LogP contribution in [0.15, 0.2) is 0 Å². The number of esters is 1. The lowest BCUT2D eigenvalue weighted by Gasteiger charge is -2.40. The molecule has 1 heterocycles. The zero-order chi connectivity index (χ0) is 19.0. The van der Waals surface area contributed by atoms with Crippen LogP contribution < -0.4 is 0 Å².